The molecule has 146 valence electrons. The van der Waals surface area contributed by atoms with E-state index in [0.29, 0.717) is 24.4 Å². The lowest BCUT2D eigenvalue weighted by atomic mass is 9.93. The van der Waals surface area contributed by atoms with Crippen LogP contribution >= 0.6 is 24.0 Å². The minimum atomic E-state index is -0.395. The van der Waals surface area contributed by atoms with Crippen molar-refractivity contribution in [3.8, 4) is 0 Å². The Morgan fingerprint density at radius 3 is 2.65 bits per heavy atom. The number of nitrogens with one attached hydrogen (secondary N) is 2. The van der Waals surface area contributed by atoms with E-state index in [1.165, 1.54) is 6.07 Å². The monoisotopic (exact) mass is 478 g/mol. The molecule has 0 bridgehead atoms. The van der Waals surface area contributed by atoms with Crippen molar-refractivity contribution in [3.63, 3.8) is 0 Å². The van der Waals surface area contributed by atoms with Crippen LogP contribution in [0.15, 0.2) is 23.2 Å². The highest BCUT2D eigenvalue weighted by Gasteiger charge is 2.23. The molecule has 0 unspecified atom stereocenters. The Labute approximate surface area is 171 Å². The number of benzene rings is 1. The first kappa shape index (κ1) is 22.6. The molecule has 0 aliphatic carbocycles. The van der Waals surface area contributed by atoms with E-state index in [1.54, 1.807) is 26.2 Å². The highest BCUT2D eigenvalue weighted by atomic mass is 127. The van der Waals surface area contributed by atoms with Crippen LogP contribution in [0.2, 0.25) is 0 Å². The quantitative estimate of drug-likeness (QED) is 0.343. The molecule has 1 aromatic rings. The molecule has 1 heterocycles. The average molecular weight is 478 g/mol. The third-order valence-electron chi connectivity index (χ3n) is 4.61. The number of carbonyl (C=O) groups is 1. The van der Waals surface area contributed by atoms with Gasteiger partial charge in [0, 0.05) is 45.7 Å². The van der Waals surface area contributed by atoms with Crippen molar-refractivity contribution in [1.29, 1.82) is 0 Å². The van der Waals surface area contributed by atoms with Crippen molar-refractivity contribution in [1.82, 2.24) is 15.5 Å². The van der Waals surface area contributed by atoms with Gasteiger partial charge in [0.15, 0.2) is 5.96 Å². The third kappa shape index (κ3) is 6.39. The van der Waals surface area contributed by atoms with Crippen molar-refractivity contribution < 1.29 is 14.3 Å². The number of hydrogen-bond acceptors (Lipinski definition) is 3. The second-order valence-electron chi connectivity index (χ2n) is 6.29. The number of aliphatic imine (C=N–C) groups is 1. The molecule has 0 saturated carbocycles. The standard InChI is InChI=1S/C18H27FN4O2.HI/c1-20-17(25)10-13-5-7-23(8-6-13)18(21-2)22-11-14-3-4-16(19)15(9-14)12-24;/h3-4,9,13,24H,5-8,10-12H2,1-2H3,(H,20,25)(H,21,22);1H. The van der Waals surface area contributed by atoms with Gasteiger partial charge in [-0.1, -0.05) is 6.07 Å². The number of aliphatic hydroxyl groups excluding tert-OH is 1. The first-order valence-corrected chi connectivity index (χ1v) is 8.61. The lowest BCUT2D eigenvalue weighted by Crippen LogP contribution is -2.45. The Bertz CT molecular complexity index is 619. The molecule has 1 fully saturated rings. The van der Waals surface area contributed by atoms with Gasteiger partial charge in [0.2, 0.25) is 5.91 Å². The first-order chi connectivity index (χ1) is 12.1. The van der Waals surface area contributed by atoms with Crippen molar-refractivity contribution >= 4 is 35.8 Å². The van der Waals surface area contributed by atoms with Gasteiger partial charge >= 0.3 is 0 Å². The Hall–Kier alpha value is -1.42. The van der Waals surface area contributed by atoms with Crippen LogP contribution in [0.3, 0.4) is 0 Å². The summed E-state index contributed by atoms with van der Waals surface area (Å²) in [6, 6.07) is 4.73. The Morgan fingerprint density at radius 2 is 2.08 bits per heavy atom. The van der Waals surface area contributed by atoms with Crippen molar-refractivity contribution in [2.75, 3.05) is 27.2 Å². The topological polar surface area (TPSA) is 77.0 Å². The van der Waals surface area contributed by atoms with Gasteiger partial charge in [-0.15, -0.1) is 24.0 Å². The van der Waals surface area contributed by atoms with Gasteiger partial charge in [-0.2, -0.15) is 0 Å². The van der Waals surface area contributed by atoms with Crippen LogP contribution < -0.4 is 10.6 Å². The second-order valence-corrected chi connectivity index (χ2v) is 6.29. The van der Waals surface area contributed by atoms with E-state index in [4.69, 9.17) is 5.11 Å². The summed E-state index contributed by atoms with van der Waals surface area (Å²) in [6.45, 7) is 1.91. The van der Waals surface area contributed by atoms with Gasteiger partial charge in [0.05, 0.1) is 6.61 Å². The van der Waals surface area contributed by atoms with E-state index in [0.717, 1.165) is 37.5 Å². The number of piperidine rings is 1. The minimum Gasteiger partial charge on any atom is -0.392 e. The molecule has 3 N–H and O–H groups in total. The molecule has 26 heavy (non-hydrogen) atoms. The number of halogens is 2. The summed E-state index contributed by atoms with van der Waals surface area (Å²) >= 11 is 0. The smallest absolute Gasteiger partial charge is 0.220 e. The normalized spacial score (nSPS) is 15.4. The first-order valence-electron chi connectivity index (χ1n) is 8.61. The Kier molecular flexibility index (Phi) is 9.85. The van der Waals surface area contributed by atoms with Gasteiger partial charge in [0.1, 0.15) is 5.82 Å². The molecule has 1 saturated heterocycles. The largest absolute Gasteiger partial charge is 0.392 e. The van der Waals surface area contributed by atoms with Crippen LogP contribution in [0.5, 0.6) is 0 Å². The Balaban J connectivity index is 0.00000338. The van der Waals surface area contributed by atoms with Crippen molar-refractivity contribution in [3.05, 3.63) is 35.1 Å². The molecule has 0 atom stereocenters. The molecular weight excluding hydrogens is 450 g/mol. The van der Waals surface area contributed by atoms with E-state index in [1.807, 2.05) is 0 Å². The van der Waals surface area contributed by atoms with E-state index in [9.17, 15) is 9.18 Å². The number of nitrogens with zero attached hydrogens (tertiary/aromatic N) is 2. The maximum Gasteiger partial charge on any atom is 0.220 e. The maximum absolute atomic E-state index is 13.4. The van der Waals surface area contributed by atoms with Crippen LogP contribution in [0, 0.1) is 11.7 Å². The van der Waals surface area contributed by atoms with Crippen LogP contribution in [-0.2, 0) is 17.9 Å². The zero-order valence-electron chi connectivity index (χ0n) is 15.3. The SMILES string of the molecule is CN=C(NCc1ccc(F)c(CO)c1)N1CCC(CC(=O)NC)CC1.I. The molecule has 6 nitrogen and oxygen atoms in total. The van der Waals surface area contributed by atoms with Crippen LogP contribution in [0.4, 0.5) is 4.39 Å². The van der Waals surface area contributed by atoms with E-state index in [2.05, 4.69) is 20.5 Å². The number of aliphatic hydroxyl groups is 1. The molecule has 0 aromatic heterocycles. The molecule has 0 radical (unpaired) electrons. The maximum atomic E-state index is 13.4. The number of hydrogen-bond donors (Lipinski definition) is 3. The summed E-state index contributed by atoms with van der Waals surface area (Å²) in [7, 11) is 3.41. The van der Waals surface area contributed by atoms with E-state index >= 15 is 0 Å². The molecule has 8 heteroatoms. The van der Waals surface area contributed by atoms with Crippen molar-refractivity contribution in [2.45, 2.75) is 32.4 Å². The number of amides is 1. The summed E-state index contributed by atoms with van der Waals surface area (Å²) < 4.78 is 13.4. The summed E-state index contributed by atoms with van der Waals surface area (Å²) in [6.07, 6.45) is 2.49. The van der Waals surface area contributed by atoms with Crippen LogP contribution in [-0.4, -0.2) is 49.1 Å². The van der Waals surface area contributed by atoms with Gasteiger partial charge in [-0.3, -0.25) is 9.79 Å². The predicted molar refractivity (Wildman–Crippen MR) is 111 cm³/mol. The fourth-order valence-corrected chi connectivity index (χ4v) is 3.09. The van der Waals surface area contributed by atoms with E-state index in [-0.39, 0.29) is 36.5 Å². The molecule has 0 spiro atoms. The van der Waals surface area contributed by atoms with Crippen LogP contribution in [0.1, 0.15) is 30.4 Å². The number of guanidine groups is 1. The van der Waals surface area contributed by atoms with Gasteiger partial charge in [0.25, 0.3) is 0 Å². The summed E-state index contributed by atoms with van der Waals surface area (Å²) in [5.74, 6) is 0.914. The third-order valence-corrected chi connectivity index (χ3v) is 4.61. The number of likely N-dealkylation sites (tertiary alicyclic amines) is 1. The van der Waals surface area contributed by atoms with Crippen molar-refractivity contribution in [2.24, 2.45) is 10.9 Å². The average Bonchev–Trinajstić information content (AvgIpc) is 2.64. The fourth-order valence-electron chi connectivity index (χ4n) is 3.09. The molecule has 1 amide bonds. The summed E-state index contributed by atoms with van der Waals surface area (Å²) in [4.78, 5) is 18.0. The zero-order chi connectivity index (χ0) is 18.2. The van der Waals surface area contributed by atoms with Gasteiger partial charge < -0.3 is 20.6 Å². The molecular formula is C18H28FIN4O2. The van der Waals surface area contributed by atoms with E-state index < -0.39 is 5.82 Å². The molecule has 1 aliphatic heterocycles. The number of carbonyl (C=O) groups excluding carboxylic acids is 1. The molecule has 1 aromatic carbocycles. The molecule has 1 aliphatic rings. The lowest BCUT2D eigenvalue weighted by molar-refractivity contribution is -0.121. The lowest BCUT2D eigenvalue weighted by Gasteiger charge is -2.34. The second kappa shape index (κ2) is 11.3. The number of rotatable bonds is 5. The highest BCUT2D eigenvalue weighted by Crippen LogP contribution is 2.20. The fraction of sp³-hybridized carbons (Fsp3) is 0.556. The summed E-state index contributed by atoms with van der Waals surface area (Å²) in [5.41, 5.74) is 1.19. The van der Waals surface area contributed by atoms with Crippen LogP contribution in [0.25, 0.3) is 0 Å². The zero-order valence-corrected chi connectivity index (χ0v) is 17.6. The highest BCUT2D eigenvalue weighted by molar-refractivity contribution is 14.0. The summed E-state index contributed by atoms with van der Waals surface area (Å²) in [5, 5.41) is 15.1. The van der Waals surface area contributed by atoms with Gasteiger partial charge in [-0.05, 0) is 36.5 Å². The predicted octanol–water partition coefficient (Wildman–Crippen LogP) is 1.86. The van der Waals surface area contributed by atoms with Gasteiger partial charge in [-0.25, -0.2) is 4.39 Å². The minimum absolute atomic E-state index is 0. The molecule has 2 rings (SSSR count). The Morgan fingerprint density at radius 1 is 1.38 bits per heavy atom.